The lowest BCUT2D eigenvalue weighted by Crippen LogP contribution is -2.32. The van der Waals surface area contributed by atoms with E-state index in [9.17, 15) is 0 Å². The number of methoxy groups -OCH3 is 1. The number of aromatic nitrogens is 1. The molecule has 0 N–H and O–H groups in total. The van der Waals surface area contributed by atoms with Crippen LogP contribution in [-0.4, -0.2) is 7.11 Å². The summed E-state index contributed by atoms with van der Waals surface area (Å²) in [5.41, 5.74) is 2.20. The van der Waals surface area contributed by atoms with Crippen molar-refractivity contribution < 1.29 is 14.0 Å². The van der Waals surface area contributed by atoms with Gasteiger partial charge in [-0.1, -0.05) is 0 Å². The molecule has 0 unspecified atom stereocenters. The van der Waals surface area contributed by atoms with E-state index in [-0.39, 0.29) is 0 Å². The molecular formula is C13H16NO2+. The molecule has 1 heterocycles. The van der Waals surface area contributed by atoms with Crippen molar-refractivity contribution in [1.29, 1.82) is 0 Å². The Bertz CT molecular complexity index is 471. The van der Waals surface area contributed by atoms with Crippen molar-refractivity contribution in [2.75, 3.05) is 7.11 Å². The average Bonchev–Trinajstić information content (AvgIpc) is 2.71. The van der Waals surface area contributed by atoms with E-state index in [4.69, 9.17) is 9.26 Å². The Morgan fingerprint density at radius 2 is 1.94 bits per heavy atom. The first-order valence-corrected chi connectivity index (χ1v) is 5.39. The zero-order chi connectivity index (χ0) is 11.5. The smallest absolute Gasteiger partial charge is 0.229 e. The zero-order valence-electron chi connectivity index (χ0n) is 9.86. The van der Waals surface area contributed by atoms with Crippen LogP contribution in [0.2, 0.25) is 0 Å². The molecule has 0 aliphatic rings. The van der Waals surface area contributed by atoms with Crippen LogP contribution in [0.3, 0.4) is 0 Å². The molecule has 0 atom stereocenters. The van der Waals surface area contributed by atoms with Crippen molar-refractivity contribution >= 4 is 0 Å². The number of rotatable bonds is 3. The van der Waals surface area contributed by atoms with E-state index in [1.54, 1.807) is 7.11 Å². The normalized spacial score (nSPS) is 10.4. The molecule has 2 rings (SSSR count). The van der Waals surface area contributed by atoms with Crippen molar-refractivity contribution in [3.63, 3.8) is 0 Å². The molecule has 0 radical (unpaired) electrons. The maximum Gasteiger partial charge on any atom is 0.229 e. The first-order chi connectivity index (χ1) is 7.74. The lowest BCUT2D eigenvalue weighted by molar-refractivity contribution is -0.864. The van der Waals surface area contributed by atoms with E-state index < -0.39 is 0 Å². The Morgan fingerprint density at radius 3 is 2.44 bits per heavy atom. The number of hydrogen-bond donors (Lipinski definition) is 0. The Labute approximate surface area is 95.2 Å². The SMILES string of the molecule is CC[n+]1oc(-c2ccc(OC)cc2)cc1C. The highest BCUT2D eigenvalue weighted by atomic mass is 16.5. The summed E-state index contributed by atoms with van der Waals surface area (Å²) >= 11 is 0. The number of ether oxygens (including phenoxy) is 1. The minimum Gasteiger partial charge on any atom is -0.497 e. The standard InChI is InChI=1S/C13H16NO2/c1-4-14-10(2)9-13(16-14)11-5-7-12(15-3)8-6-11/h5-9H,4H2,1-3H3/q+1. The summed E-state index contributed by atoms with van der Waals surface area (Å²) in [6.07, 6.45) is 0. The summed E-state index contributed by atoms with van der Waals surface area (Å²) in [4.78, 5) is 0. The van der Waals surface area contributed by atoms with Crippen LogP contribution in [0.5, 0.6) is 5.75 Å². The molecule has 84 valence electrons. The van der Waals surface area contributed by atoms with Crippen LogP contribution >= 0.6 is 0 Å². The van der Waals surface area contributed by atoms with E-state index in [1.807, 2.05) is 42.0 Å². The van der Waals surface area contributed by atoms with Crippen molar-refractivity contribution in [3.8, 4) is 17.1 Å². The van der Waals surface area contributed by atoms with Crippen LogP contribution in [-0.2, 0) is 6.54 Å². The molecule has 2 aromatic rings. The highest BCUT2D eigenvalue weighted by molar-refractivity contribution is 5.57. The van der Waals surface area contributed by atoms with Gasteiger partial charge in [-0.2, -0.15) is 0 Å². The molecule has 0 saturated heterocycles. The first kappa shape index (κ1) is 10.7. The van der Waals surface area contributed by atoms with Crippen LogP contribution in [0.25, 0.3) is 11.3 Å². The molecule has 1 aromatic carbocycles. The Kier molecular flexibility index (Phi) is 2.95. The van der Waals surface area contributed by atoms with E-state index in [1.165, 1.54) is 0 Å². The van der Waals surface area contributed by atoms with Crippen molar-refractivity contribution in [1.82, 2.24) is 0 Å². The third-order valence-electron chi connectivity index (χ3n) is 2.60. The van der Waals surface area contributed by atoms with Gasteiger partial charge in [-0.3, -0.25) is 0 Å². The summed E-state index contributed by atoms with van der Waals surface area (Å²) in [7, 11) is 1.66. The summed E-state index contributed by atoms with van der Waals surface area (Å²) in [5, 5.41) is 0. The molecule has 16 heavy (non-hydrogen) atoms. The van der Waals surface area contributed by atoms with Crippen molar-refractivity contribution in [3.05, 3.63) is 36.0 Å². The van der Waals surface area contributed by atoms with E-state index in [0.717, 1.165) is 29.3 Å². The van der Waals surface area contributed by atoms with Crippen molar-refractivity contribution in [2.45, 2.75) is 20.4 Å². The molecular weight excluding hydrogens is 202 g/mol. The summed E-state index contributed by atoms with van der Waals surface area (Å²) < 4.78 is 12.7. The number of aryl methyl sites for hydroxylation is 2. The fourth-order valence-electron chi connectivity index (χ4n) is 1.68. The Hall–Kier alpha value is -1.77. The van der Waals surface area contributed by atoms with Gasteiger partial charge in [0.25, 0.3) is 0 Å². The quantitative estimate of drug-likeness (QED) is 0.740. The molecule has 0 saturated carbocycles. The van der Waals surface area contributed by atoms with E-state index in [0.29, 0.717) is 0 Å². The minimum absolute atomic E-state index is 0.849. The number of hydrogen-bond acceptors (Lipinski definition) is 2. The van der Waals surface area contributed by atoms with Gasteiger partial charge >= 0.3 is 0 Å². The molecule has 0 aliphatic heterocycles. The van der Waals surface area contributed by atoms with Gasteiger partial charge in [0.15, 0.2) is 6.54 Å². The lowest BCUT2D eigenvalue weighted by Gasteiger charge is -1.98. The van der Waals surface area contributed by atoms with Gasteiger partial charge < -0.3 is 4.74 Å². The van der Waals surface area contributed by atoms with Crippen LogP contribution in [0.4, 0.5) is 0 Å². The van der Waals surface area contributed by atoms with Gasteiger partial charge in [0.05, 0.1) is 13.2 Å². The first-order valence-electron chi connectivity index (χ1n) is 5.39. The molecule has 0 amide bonds. The summed E-state index contributed by atoms with van der Waals surface area (Å²) in [6.45, 7) is 4.95. The summed E-state index contributed by atoms with van der Waals surface area (Å²) in [6, 6.07) is 9.91. The fourth-order valence-corrected chi connectivity index (χ4v) is 1.68. The highest BCUT2D eigenvalue weighted by Gasteiger charge is 2.14. The van der Waals surface area contributed by atoms with Gasteiger partial charge in [-0.05, 0) is 35.9 Å². The van der Waals surface area contributed by atoms with Crippen LogP contribution in [0.1, 0.15) is 12.6 Å². The second kappa shape index (κ2) is 4.39. The third kappa shape index (κ3) is 1.94. The van der Waals surface area contributed by atoms with Gasteiger partial charge in [0.2, 0.25) is 11.5 Å². The minimum atomic E-state index is 0.849. The number of nitrogens with zero attached hydrogens (tertiary/aromatic N) is 1. The molecule has 0 aliphatic carbocycles. The highest BCUT2D eigenvalue weighted by Crippen LogP contribution is 2.22. The van der Waals surface area contributed by atoms with Gasteiger partial charge in [-0.25, -0.2) is 4.52 Å². The fraction of sp³-hybridized carbons (Fsp3) is 0.308. The van der Waals surface area contributed by atoms with Crippen LogP contribution in [0, 0.1) is 6.92 Å². The molecule has 1 aromatic heterocycles. The topological polar surface area (TPSA) is 26.2 Å². The Balaban J connectivity index is 2.34. The summed E-state index contributed by atoms with van der Waals surface area (Å²) in [5.74, 6) is 1.75. The maximum atomic E-state index is 5.70. The number of benzene rings is 1. The van der Waals surface area contributed by atoms with Crippen LogP contribution in [0.15, 0.2) is 34.9 Å². The molecule has 0 bridgehead atoms. The second-order valence-electron chi connectivity index (χ2n) is 3.66. The van der Waals surface area contributed by atoms with Crippen molar-refractivity contribution in [2.24, 2.45) is 0 Å². The van der Waals surface area contributed by atoms with E-state index in [2.05, 4.69) is 6.92 Å². The largest absolute Gasteiger partial charge is 0.497 e. The Morgan fingerprint density at radius 1 is 1.25 bits per heavy atom. The maximum absolute atomic E-state index is 5.70. The zero-order valence-corrected chi connectivity index (χ0v) is 9.86. The lowest BCUT2D eigenvalue weighted by atomic mass is 10.1. The predicted molar refractivity (Wildman–Crippen MR) is 61.3 cm³/mol. The third-order valence-corrected chi connectivity index (χ3v) is 2.60. The molecule has 3 nitrogen and oxygen atoms in total. The van der Waals surface area contributed by atoms with Gasteiger partial charge in [0.1, 0.15) is 5.75 Å². The monoisotopic (exact) mass is 218 g/mol. The average molecular weight is 218 g/mol. The van der Waals surface area contributed by atoms with Gasteiger partial charge in [-0.15, -0.1) is 0 Å². The predicted octanol–water partition coefficient (Wildman–Crippen LogP) is 2.57. The van der Waals surface area contributed by atoms with E-state index >= 15 is 0 Å². The van der Waals surface area contributed by atoms with Gasteiger partial charge in [0, 0.05) is 12.5 Å². The second-order valence-corrected chi connectivity index (χ2v) is 3.66. The molecule has 3 heteroatoms. The molecule has 0 fully saturated rings. The van der Waals surface area contributed by atoms with Crippen LogP contribution < -0.4 is 9.48 Å². The molecule has 0 spiro atoms.